The van der Waals surface area contributed by atoms with Gasteiger partial charge in [0.1, 0.15) is 5.75 Å². The highest BCUT2D eigenvalue weighted by atomic mass is 16.3. The van der Waals surface area contributed by atoms with E-state index in [1.165, 1.54) is 0 Å². The SMILES string of the molecule is CCN(C(=O)Cc1cccc(O)c1)c1ccccc1. The minimum atomic E-state index is 0.0271. The second kappa shape index (κ2) is 6.05. The quantitative estimate of drug-likeness (QED) is 0.912. The number of rotatable bonds is 4. The minimum absolute atomic E-state index is 0.0271. The fourth-order valence-electron chi connectivity index (χ4n) is 2.05. The Morgan fingerprint density at radius 3 is 2.47 bits per heavy atom. The standard InChI is InChI=1S/C16H17NO2/c1-2-17(14-8-4-3-5-9-14)16(19)12-13-7-6-10-15(18)11-13/h3-11,18H,2,12H2,1H3. The van der Waals surface area contributed by atoms with Crippen LogP contribution in [0.4, 0.5) is 5.69 Å². The lowest BCUT2D eigenvalue weighted by atomic mass is 10.1. The molecule has 0 aliphatic carbocycles. The number of carbonyl (C=O) groups is 1. The summed E-state index contributed by atoms with van der Waals surface area (Å²) in [7, 11) is 0. The van der Waals surface area contributed by atoms with E-state index in [4.69, 9.17) is 0 Å². The maximum absolute atomic E-state index is 12.3. The highest BCUT2D eigenvalue weighted by molar-refractivity contribution is 5.94. The van der Waals surface area contributed by atoms with Gasteiger partial charge >= 0.3 is 0 Å². The Bertz CT molecular complexity index is 552. The molecular weight excluding hydrogens is 238 g/mol. The van der Waals surface area contributed by atoms with Crippen LogP contribution < -0.4 is 4.90 Å². The molecule has 1 N–H and O–H groups in total. The summed E-state index contributed by atoms with van der Waals surface area (Å²) in [5.74, 6) is 0.215. The molecule has 2 aromatic rings. The number of hydrogen-bond acceptors (Lipinski definition) is 2. The molecule has 0 unspecified atom stereocenters. The Morgan fingerprint density at radius 1 is 1.11 bits per heavy atom. The fraction of sp³-hybridized carbons (Fsp3) is 0.188. The summed E-state index contributed by atoms with van der Waals surface area (Å²) in [6.45, 7) is 2.58. The molecule has 0 aromatic heterocycles. The van der Waals surface area contributed by atoms with Gasteiger partial charge in [0.05, 0.1) is 6.42 Å². The average Bonchev–Trinajstić information content (AvgIpc) is 2.41. The first kappa shape index (κ1) is 13.1. The highest BCUT2D eigenvalue weighted by Crippen LogP contribution is 2.16. The summed E-state index contributed by atoms with van der Waals surface area (Å²) < 4.78 is 0. The average molecular weight is 255 g/mol. The molecule has 0 aliphatic rings. The number of nitrogens with zero attached hydrogens (tertiary/aromatic N) is 1. The van der Waals surface area contributed by atoms with Crippen molar-refractivity contribution in [2.24, 2.45) is 0 Å². The van der Waals surface area contributed by atoms with E-state index >= 15 is 0 Å². The molecule has 0 saturated carbocycles. The molecule has 3 nitrogen and oxygen atoms in total. The Labute approximate surface area is 113 Å². The predicted molar refractivity (Wildman–Crippen MR) is 76.3 cm³/mol. The molecule has 3 heteroatoms. The smallest absolute Gasteiger partial charge is 0.231 e. The summed E-state index contributed by atoms with van der Waals surface area (Å²) in [4.78, 5) is 14.0. The molecule has 0 fully saturated rings. The molecule has 0 spiro atoms. The normalized spacial score (nSPS) is 10.2. The maximum Gasteiger partial charge on any atom is 0.231 e. The number of benzene rings is 2. The van der Waals surface area contributed by atoms with Crippen molar-refractivity contribution in [3.8, 4) is 5.75 Å². The van der Waals surface area contributed by atoms with Crippen LogP contribution in [-0.4, -0.2) is 17.6 Å². The molecule has 0 atom stereocenters. The van der Waals surface area contributed by atoms with Crippen molar-refractivity contribution in [3.63, 3.8) is 0 Å². The summed E-state index contributed by atoms with van der Waals surface area (Å²) >= 11 is 0. The van der Waals surface area contributed by atoms with E-state index in [9.17, 15) is 9.90 Å². The molecule has 1 amide bonds. The lowest BCUT2D eigenvalue weighted by Gasteiger charge is -2.21. The van der Waals surface area contributed by atoms with Gasteiger partial charge in [0.15, 0.2) is 0 Å². The molecule has 19 heavy (non-hydrogen) atoms. The van der Waals surface area contributed by atoms with Crippen LogP contribution in [0.15, 0.2) is 54.6 Å². The molecule has 0 heterocycles. The van der Waals surface area contributed by atoms with E-state index in [2.05, 4.69) is 0 Å². The molecule has 2 rings (SSSR count). The topological polar surface area (TPSA) is 40.5 Å². The maximum atomic E-state index is 12.3. The Morgan fingerprint density at radius 2 is 1.84 bits per heavy atom. The third-order valence-corrected chi connectivity index (χ3v) is 2.95. The van der Waals surface area contributed by atoms with Crippen molar-refractivity contribution in [3.05, 3.63) is 60.2 Å². The third-order valence-electron chi connectivity index (χ3n) is 2.95. The van der Waals surface area contributed by atoms with Crippen molar-refractivity contribution in [2.75, 3.05) is 11.4 Å². The van der Waals surface area contributed by atoms with Crippen LogP contribution >= 0.6 is 0 Å². The van der Waals surface area contributed by atoms with Crippen molar-refractivity contribution in [2.45, 2.75) is 13.3 Å². The van der Waals surface area contributed by atoms with Crippen LogP contribution in [0.2, 0.25) is 0 Å². The van der Waals surface area contributed by atoms with Gasteiger partial charge in [-0.3, -0.25) is 4.79 Å². The van der Waals surface area contributed by atoms with Crippen molar-refractivity contribution in [1.29, 1.82) is 0 Å². The van der Waals surface area contributed by atoms with Gasteiger partial charge in [0.2, 0.25) is 5.91 Å². The number of para-hydroxylation sites is 1. The second-order valence-corrected chi connectivity index (χ2v) is 4.32. The zero-order valence-electron chi connectivity index (χ0n) is 10.9. The number of hydrogen-bond donors (Lipinski definition) is 1. The second-order valence-electron chi connectivity index (χ2n) is 4.32. The van der Waals surface area contributed by atoms with E-state index in [-0.39, 0.29) is 18.1 Å². The highest BCUT2D eigenvalue weighted by Gasteiger charge is 2.14. The monoisotopic (exact) mass is 255 g/mol. The summed E-state index contributed by atoms with van der Waals surface area (Å²) in [6.07, 6.45) is 0.289. The van der Waals surface area contributed by atoms with E-state index in [0.717, 1.165) is 11.3 Å². The fourth-order valence-corrected chi connectivity index (χ4v) is 2.05. The third kappa shape index (κ3) is 3.35. The first-order chi connectivity index (χ1) is 9.20. The van der Waals surface area contributed by atoms with Crippen LogP contribution in [0.5, 0.6) is 5.75 Å². The first-order valence-electron chi connectivity index (χ1n) is 6.34. The molecule has 0 aliphatic heterocycles. The molecule has 0 bridgehead atoms. The number of likely N-dealkylation sites (N-methyl/N-ethyl adjacent to an activating group) is 1. The van der Waals surface area contributed by atoms with Gasteiger partial charge in [-0.2, -0.15) is 0 Å². The Hall–Kier alpha value is -2.29. The number of carbonyl (C=O) groups excluding carboxylic acids is 1. The molecule has 0 saturated heterocycles. The van der Waals surface area contributed by atoms with Gasteiger partial charge in [-0.15, -0.1) is 0 Å². The predicted octanol–water partition coefficient (Wildman–Crippen LogP) is 2.99. The zero-order valence-corrected chi connectivity index (χ0v) is 10.9. The van der Waals surface area contributed by atoms with E-state index in [0.29, 0.717) is 6.54 Å². The van der Waals surface area contributed by atoms with Crippen LogP contribution in [0.25, 0.3) is 0 Å². The van der Waals surface area contributed by atoms with E-state index in [1.54, 1.807) is 23.1 Å². The van der Waals surface area contributed by atoms with E-state index < -0.39 is 0 Å². The minimum Gasteiger partial charge on any atom is -0.508 e. The summed E-state index contributed by atoms with van der Waals surface area (Å²) in [5.41, 5.74) is 1.72. The Balaban J connectivity index is 2.14. The zero-order chi connectivity index (χ0) is 13.7. The van der Waals surface area contributed by atoms with Crippen molar-refractivity contribution in [1.82, 2.24) is 0 Å². The van der Waals surface area contributed by atoms with Crippen LogP contribution in [0, 0.1) is 0 Å². The molecular formula is C16H17NO2. The van der Waals surface area contributed by atoms with Crippen molar-refractivity contribution < 1.29 is 9.90 Å². The summed E-state index contributed by atoms with van der Waals surface area (Å²) in [5, 5.41) is 9.41. The first-order valence-corrected chi connectivity index (χ1v) is 6.34. The largest absolute Gasteiger partial charge is 0.508 e. The van der Waals surface area contributed by atoms with Crippen LogP contribution in [-0.2, 0) is 11.2 Å². The molecule has 2 aromatic carbocycles. The lowest BCUT2D eigenvalue weighted by Crippen LogP contribution is -2.31. The number of aromatic hydroxyl groups is 1. The van der Waals surface area contributed by atoms with Gasteiger partial charge in [0.25, 0.3) is 0 Å². The molecule has 0 radical (unpaired) electrons. The van der Waals surface area contributed by atoms with Gasteiger partial charge in [-0.25, -0.2) is 0 Å². The van der Waals surface area contributed by atoms with Gasteiger partial charge in [0, 0.05) is 12.2 Å². The van der Waals surface area contributed by atoms with Crippen LogP contribution in [0.3, 0.4) is 0 Å². The van der Waals surface area contributed by atoms with Gasteiger partial charge < -0.3 is 10.0 Å². The van der Waals surface area contributed by atoms with E-state index in [1.807, 2.05) is 43.3 Å². The lowest BCUT2D eigenvalue weighted by molar-refractivity contribution is -0.117. The summed E-state index contributed by atoms with van der Waals surface area (Å²) in [6, 6.07) is 16.4. The Kier molecular flexibility index (Phi) is 4.18. The number of amides is 1. The van der Waals surface area contributed by atoms with Crippen molar-refractivity contribution >= 4 is 11.6 Å². The van der Waals surface area contributed by atoms with Crippen LogP contribution in [0.1, 0.15) is 12.5 Å². The number of phenolic OH excluding ortho intramolecular Hbond substituents is 1. The molecule has 98 valence electrons. The van der Waals surface area contributed by atoms with Gasteiger partial charge in [-0.05, 0) is 36.8 Å². The number of anilines is 1. The number of phenols is 1. The van der Waals surface area contributed by atoms with Gasteiger partial charge in [-0.1, -0.05) is 30.3 Å².